The highest BCUT2D eigenvalue weighted by Crippen LogP contribution is 2.29. The van der Waals surface area contributed by atoms with E-state index in [9.17, 15) is 4.39 Å². The van der Waals surface area contributed by atoms with Crippen molar-refractivity contribution >= 4 is 29.2 Å². The molecule has 1 N–H and O–H groups in total. The minimum absolute atomic E-state index is 0.277. The van der Waals surface area contributed by atoms with Crippen LogP contribution in [-0.4, -0.2) is 20.8 Å². The number of pyridine rings is 1. The number of hydrogen-bond acceptors (Lipinski definition) is 4. The molecule has 0 unspecified atom stereocenters. The molecule has 5 nitrogen and oxygen atoms in total. The summed E-state index contributed by atoms with van der Waals surface area (Å²) in [6.07, 6.45) is 4.60. The lowest BCUT2D eigenvalue weighted by atomic mass is 10.1. The number of anilines is 2. The van der Waals surface area contributed by atoms with Crippen LogP contribution >= 0.6 is 0 Å². The largest absolute Gasteiger partial charge is 0.323 e. The van der Waals surface area contributed by atoms with Gasteiger partial charge in [-0.15, -0.1) is 5.10 Å². The summed E-state index contributed by atoms with van der Waals surface area (Å²) in [7, 11) is 0. The van der Waals surface area contributed by atoms with Gasteiger partial charge in [-0.3, -0.25) is 4.99 Å². The number of fused-ring (bicyclic) bond motifs is 2. The van der Waals surface area contributed by atoms with Crippen molar-refractivity contribution in [1.29, 1.82) is 0 Å². The molecule has 0 spiro atoms. The van der Waals surface area contributed by atoms with E-state index >= 15 is 0 Å². The van der Waals surface area contributed by atoms with Crippen LogP contribution < -0.4 is 5.32 Å². The summed E-state index contributed by atoms with van der Waals surface area (Å²) in [5.74, 6) is 0.205. The summed E-state index contributed by atoms with van der Waals surface area (Å²) in [6, 6.07) is 16.3. The Morgan fingerprint density at radius 2 is 2.00 bits per heavy atom. The van der Waals surface area contributed by atoms with Crippen LogP contribution in [0, 0.1) is 5.82 Å². The smallest absolute Gasteiger partial charge is 0.247 e. The summed E-state index contributed by atoms with van der Waals surface area (Å²) in [5, 5.41) is 7.69. The van der Waals surface area contributed by atoms with Crippen molar-refractivity contribution in [2.75, 3.05) is 5.32 Å². The van der Waals surface area contributed by atoms with Crippen LogP contribution in [0.25, 0.3) is 16.8 Å². The first-order valence-corrected chi connectivity index (χ1v) is 8.30. The molecule has 1 aliphatic heterocycles. The van der Waals surface area contributed by atoms with Gasteiger partial charge in [0.15, 0.2) is 5.65 Å². The van der Waals surface area contributed by atoms with E-state index in [2.05, 4.69) is 26.5 Å². The maximum Gasteiger partial charge on any atom is 0.247 e. The predicted octanol–water partition coefficient (Wildman–Crippen LogP) is 4.54. The maximum atomic E-state index is 13.6. The highest BCUT2D eigenvalue weighted by molar-refractivity contribution is 5.80. The van der Waals surface area contributed by atoms with E-state index in [1.54, 1.807) is 10.6 Å². The Kier molecular flexibility index (Phi) is 3.28. The molecule has 1 aliphatic rings. The van der Waals surface area contributed by atoms with Gasteiger partial charge in [-0.1, -0.05) is 18.2 Å². The zero-order valence-electron chi connectivity index (χ0n) is 13.7. The molecule has 0 saturated heterocycles. The first-order valence-electron chi connectivity index (χ1n) is 8.30. The second kappa shape index (κ2) is 5.77. The number of aromatic nitrogens is 3. The molecule has 126 valence electrons. The van der Waals surface area contributed by atoms with Crippen LogP contribution in [0.1, 0.15) is 5.56 Å². The lowest BCUT2D eigenvalue weighted by Gasteiger charge is -2.03. The van der Waals surface area contributed by atoms with Crippen LogP contribution in [0.15, 0.2) is 65.8 Å². The van der Waals surface area contributed by atoms with E-state index < -0.39 is 0 Å². The second-order valence-corrected chi connectivity index (χ2v) is 6.12. The van der Waals surface area contributed by atoms with Crippen LogP contribution in [0.2, 0.25) is 0 Å². The predicted molar refractivity (Wildman–Crippen MR) is 100.0 cm³/mol. The van der Waals surface area contributed by atoms with Crippen molar-refractivity contribution in [2.45, 2.75) is 6.42 Å². The fraction of sp³-hybridized carbons (Fsp3) is 0.0500. The van der Waals surface area contributed by atoms with Crippen molar-refractivity contribution in [3.8, 4) is 11.1 Å². The molecule has 4 aromatic rings. The van der Waals surface area contributed by atoms with Gasteiger partial charge < -0.3 is 5.32 Å². The molecular formula is C20H14FN5. The van der Waals surface area contributed by atoms with Crippen molar-refractivity contribution < 1.29 is 4.39 Å². The van der Waals surface area contributed by atoms with E-state index in [0.29, 0.717) is 11.6 Å². The minimum Gasteiger partial charge on any atom is -0.323 e. The number of benzene rings is 2. The number of hydrogen-bond donors (Lipinski definition) is 1. The van der Waals surface area contributed by atoms with E-state index in [1.807, 2.05) is 42.7 Å². The first-order chi connectivity index (χ1) is 12.8. The topological polar surface area (TPSA) is 54.6 Å². The lowest BCUT2D eigenvalue weighted by Crippen LogP contribution is -1.93. The SMILES string of the molecule is Fc1cccc(-c2cccn3nc(Nc4ccc5c(c4)N=CC5)nc23)c1. The molecule has 2 aromatic heterocycles. The molecule has 0 radical (unpaired) electrons. The second-order valence-electron chi connectivity index (χ2n) is 6.12. The van der Waals surface area contributed by atoms with Gasteiger partial charge in [0.2, 0.25) is 5.95 Å². The summed E-state index contributed by atoms with van der Waals surface area (Å²) < 4.78 is 15.3. The van der Waals surface area contributed by atoms with Crippen LogP contribution in [0.5, 0.6) is 0 Å². The molecule has 0 atom stereocenters. The van der Waals surface area contributed by atoms with Crippen LogP contribution in [0.4, 0.5) is 21.7 Å². The molecule has 0 fully saturated rings. The van der Waals surface area contributed by atoms with Crippen molar-refractivity contribution in [3.05, 3.63) is 72.2 Å². The van der Waals surface area contributed by atoms with E-state index in [0.717, 1.165) is 28.9 Å². The Labute approximate surface area is 148 Å². The zero-order chi connectivity index (χ0) is 17.5. The fourth-order valence-corrected chi connectivity index (χ4v) is 3.15. The third kappa shape index (κ3) is 2.52. The molecule has 3 heterocycles. The Hall–Kier alpha value is -3.54. The summed E-state index contributed by atoms with van der Waals surface area (Å²) >= 11 is 0. The first kappa shape index (κ1) is 14.8. The summed E-state index contributed by atoms with van der Waals surface area (Å²) in [5.41, 5.74) is 5.32. The van der Waals surface area contributed by atoms with E-state index in [-0.39, 0.29) is 5.82 Å². The van der Waals surface area contributed by atoms with Crippen molar-refractivity contribution in [2.24, 2.45) is 4.99 Å². The Morgan fingerprint density at radius 3 is 2.92 bits per heavy atom. The van der Waals surface area contributed by atoms with Crippen molar-refractivity contribution in [1.82, 2.24) is 14.6 Å². The summed E-state index contributed by atoms with van der Waals surface area (Å²) in [6.45, 7) is 0. The minimum atomic E-state index is -0.277. The number of rotatable bonds is 3. The standard InChI is InChI=1S/C20H14FN5/c21-15-4-1-3-14(11-15)17-5-2-10-26-19(17)24-20(25-26)23-16-7-6-13-8-9-22-18(13)12-16/h1-7,9-12H,8H2,(H,23,25). The highest BCUT2D eigenvalue weighted by Gasteiger charge is 2.12. The highest BCUT2D eigenvalue weighted by atomic mass is 19.1. The molecule has 26 heavy (non-hydrogen) atoms. The van der Waals surface area contributed by atoms with Gasteiger partial charge in [0.25, 0.3) is 0 Å². The third-order valence-corrected chi connectivity index (χ3v) is 4.38. The van der Waals surface area contributed by atoms with Gasteiger partial charge in [-0.25, -0.2) is 8.91 Å². The van der Waals surface area contributed by atoms with Crippen LogP contribution in [0.3, 0.4) is 0 Å². The molecular weight excluding hydrogens is 329 g/mol. The molecule has 6 heteroatoms. The molecule has 0 saturated carbocycles. The monoisotopic (exact) mass is 343 g/mol. The number of nitrogens with one attached hydrogen (secondary N) is 1. The molecule has 5 rings (SSSR count). The molecule has 2 aromatic carbocycles. The Bertz CT molecular complexity index is 1160. The van der Waals surface area contributed by atoms with E-state index in [4.69, 9.17) is 0 Å². The number of aliphatic imine (C=N–C) groups is 1. The number of nitrogens with zero attached hydrogens (tertiary/aromatic N) is 4. The zero-order valence-corrected chi connectivity index (χ0v) is 13.7. The maximum absolute atomic E-state index is 13.6. The quantitative estimate of drug-likeness (QED) is 0.594. The van der Waals surface area contributed by atoms with Crippen molar-refractivity contribution in [3.63, 3.8) is 0 Å². The van der Waals surface area contributed by atoms with Crippen LogP contribution in [-0.2, 0) is 6.42 Å². The van der Waals surface area contributed by atoms with Gasteiger partial charge in [-0.05, 0) is 47.5 Å². The van der Waals surface area contributed by atoms with Gasteiger partial charge in [0.1, 0.15) is 5.82 Å². The third-order valence-electron chi connectivity index (χ3n) is 4.38. The average Bonchev–Trinajstić information content (AvgIpc) is 3.27. The average molecular weight is 343 g/mol. The van der Waals surface area contributed by atoms with Gasteiger partial charge in [0.05, 0.1) is 5.69 Å². The number of halogens is 1. The summed E-state index contributed by atoms with van der Waals surface area (Å²) in [4.78, 5) is 8.95. The van der Waals surface area contributed by atoms with Gasteiger partial charge in [0, 0.05) is 30.1 Å². The fourth-order valence-electron chi connectivity index (χ4n) is 3.15. The van der Waals surface area contributed by atoms with Gasteiger partial charge >= 0.3 is 0 Å². The normalized spacial score (nSPS) is 12.5. The molecule has 0 aliphatic carbocycles. The van der Waals surface area contributed by atoms with Gasteiger partial charge in [-0.2, -0.15) is 4.98 Å². The molecule has 0 bridgehead atoms. The Morgan fingerprint density at radius 1 is 1.04 bits per heavy atom. The Balaban J connectivity index is 1.54. The molecule has 0 amide bonds. The van der Waals surface area contributed by atoms with E-state index in [1.165, 1.54) is 17.7 Å². The lowest BCUT2D eigenvalue weighted by molar-refractivity contribution is 0.628.